The van der Waals surface area contributed by atoms with Crippen molar-refractivity contribution in [2.75, 3.05) is 0 Å². The predicted octanol–water partition coefficient (Wildman–Crippen LogP) is 8.76. The van der Waals surface area contributed by atoms with Crippen LogP contribution in [0.3, 0.4) is 0 Å². The first kappa shape index (κ1) is 24.6. The lowest BCUT2D eigenvalue weighted by Gasteiger charge is -2.06. The molecule has 4 rings (SSSR count). The van der Waals surface area contributed by atoms with E-state index in [0.717, 1.165) is 28.9 Å². The number of hydrogen-bond donors (Lipinski definition) is 1. The normalized spacial score (nSPS) is 10.7. The van der Waals surface area contributed by atoms with Crippen LogP contribution < -0.4 is 0 Å². The number of aromatic nitrogens is 1. The maximum atomic E-state index is 4.84. The van der Waals surface area contributed by atoms with Gasteiger partial charge in [-0.1, -0.05) is 113 Å². The highest BCUT2D eigenvalue weighted by Crippen LogP contribution is 2.29. The van der Waals surface area contributed by atoms with Gasteiger partial charge in [0, 0.05) is 23.7 Å². The van der Waals surface area contributed by atoms with Crippen LogP contribution in [0.2, 0.25) is 0 Å². The van der Waals surface area contributed by atoms with E-state index < -0.39 is 0 Å². The molecule has 1 heterocycles. The predicted molar refractivity (Wildman–Crippen MR) is 142 cm³/mol. The standard InChI is InChI=1S/C26H22N2.2C2H6/c1-3-10-21(11-4-1)17-18-23(22-12-5-2-6-13-22)20-28-26-15-8-7-14-24(26)25-16-9-19-27-25;2*1-2/h1-16,18-20,27H,17H2;2*1-2H3/b23-18+,28-20?;;. The summed E-state index contributed by atoms with van der Waals surface area (Å²) in [6, 6.07) is 33.2. The molecule has 0 saturated heterocycles. The smallest absolute Gasteiger partial charge is 0.0723 e. The first-order valence-corrected chi connectivity index (χ1v) is 11.5. The number of aliphatic imine (C=N–C) groups is 1. The highest BCUT2D eigenvalue weighted by Gasteiger charge is 2.04. The first-order valence-electron chi connectivity index (χ1n) is 11.5. The fraction of sp³-hybridized carbons (Fsp3) is 0.167. The lowest BCUT2D eigenvalue weighted by molar-refractivity contribution is 1.27. The van der Waals surface area contributed by atoms with E-state index in [1.807, 2.05) is 76.5 Å². The van der Waals surface area contributed by atoms with Gasteiger partial charge in [0.05, 0.1) is 5.69 Å². The summed E-state index contributed by atoms with van der Waals surface area (Å²) >= 11 is 0. The number of hydrogen-bond acceptors (Lipinski definition) is 1. The van der Waals surface area contributed by atoms with Crippen molar-refractivity contribution < 1.29 is 0 Å². The number of nitrogens with zero attached hydrogens (tertiary/aromatic N) is 1. The fourth-order valence-electron chi connectivity index (χ4n) is 3.17. The van der Waals surface area contributed by atoms with Crippen molar-refractivity contribution in [3.8, 4) is 11.3 Å². The topological polar surface area (TPSA) is 28.1 Å². The van der Waals surface area contributed by atoms with Gasteiger partial charge in [0.15, 0.2) is 0 Å². The summed E-state index contributed by atoms with van der Waals surface area (Å²) in [5.41, 5.74) is 6.69. The van der Waals surface area contributed by atoms with Gasteiger partial charge in [-0.3, -0.25) is 4.99 Å². The molecule has 3 aromatic carbocycles. The van der Waals surface area contributed by atoms with Crippen LogP contribution in [0, 0.1) is 0 Å². The van der Waals surface area contributed by atoms with Crippen molar-refractivity contribution in [2.24, 2.45) is 4.99 Å². The Labute approximate surface area is 193 Å². The van der Waals surface area contributed by atoms with Crippen LogP contribution in [0.5, 0.6) is 0 Å². The number of para-hydroxylation sites is 1. The minimum absolute atomic E-state index is 0.870. The molecule has 2 heteroatoms. The van der Waals surface area contributed by atoms with Crippen LogP contribution in [0.4, 0.5) is 5.69 Å². The maximum absolute atomic E-state index is 4.84. The summed E-state index contributed by atoms with van der Waals surface area (Å²) < 4.78 is 0. The number of aromatic amines is 1. The molecule has 164 valence electrons. The quantitative estimate of drug-likeness (QED) is 0.301. The van der Waals surface area contributed by atoms with Gasteiger partial charge in [0.2, 0.25) is 0 Å². The molecule has 0 aliphatic rings. The molecule has 0 saturated carbocycles. The van der Waals surface area contributed by atoms with Crippen LogP contribution in [-0.4, -0.2) is 11.2 Å². The van der Waals surface area contributed by atoms with E-state index >= 15 is 0 Å². The van der Waals surface area contributed by atoms with Gasteiger partial charge in [-0.2, -0.15) is 0 Å². The molecule has 0 radical (unpaired) electrons. The fourth-order valence-corrected chi connectivity index (χ4v) is 3.17. The average Bonchev–Trinajstić information content (AvgIpc) is 3.43. The third-order valence-electron chi connectivity index (χ3n) is 4.64. The summed E-state index contributed by atoms with van der Waals surface area (Å²) in [6.45, 7) is 8.00. The van der Waals surface area contributed by atoms with Gasteiger partial charge in [-0.05, 0) is 41.3 Å². The molecule has 4 aromatic rings. The Hall–Kier alpha value is -3.65. The number of allylic oxidation sites excluding steroid dienone is 2. The summed E-state index contributed by atoms with van der Waals surface area (Å²) in [4.78, 5) is 8.11. The minimum Gasteiger partial charge on any atom is -0.361 e. The molecule has 0 spiro atoms. The summed E-state index contributed by atoms with van der Waals surface area (Å²) in [7, 11) is 0. The average molecular weight is 423 g/mol. The Kier molecular flexibility index (Phi) is 11.1. The number of rotatable bonds is 6. The van der Waals surface area contributed by atoms with E-state index in [0.29, 0.717) is 0 Å². The molecule has 0 bridgehead atoms. The van der Waals surface area contributed by atoms with Gasteiger partial charge in [-0.15, -0.1) is 0 Å². The Morgan fingerprint density at radius 2 is 1.34 bits per heavy atom. The zero-order chi connectivity index (χ0) is 23.0. The van der Waals surface area contributed by atoms with Crippen molar-refractivity contribution in [2.45, 2.75) is 34.1 Å². The van der Waals surface area contributed by atoms with Crippen molar-refractivity contribution in [1.29, 1.82) is 0 Å². The van der Waals surface area contributed by atoms with Crippen LogP contribution in [0.1, 0.15) is 38.8 Å². The second-order valence-corrected chi connectivity index (χ2v) is 6.57. The molecule has 32 heavy (non-hydrogen) atoms. The lowest BCUT2D eigenvalue weighted by Crippen LogP contribution is -1.89. The molecule has 0 amide bonds. The zero-order valence-corrected chi connectivity index (χ0v) is 19.6. The highest BCUT2D eigenvalue weighted by atomic mass is 14.7. The molecule has 0 atom stereocenters. The molecular formula is C30H34N2. The molecule has 0 aliphatic heterocycles. The second-order valence-electron chi connectivity index (χ2n) is 6.57. The van der Waals surface area contributed by atoms with E-state index in [1.54, 1.807) is 0 Å². The van der Waals surface area contributed by atoms with Crippen molar-refractivity contribution in [1.82, 2.24) is 4.98 Å². The van der Waals surface area contributed by atoms with Crippen LogP contribution in [0.15, 0.2) is 114 Å². The van der Waals surface area contributed by atoms with Crippen LogP contribution in [-0.2, 0) is 6.42 Å². The SMILES string of the molecule is C(=Nc1ccccc1-c1ccc[nH]1)/C(=C\Cc1ccccc1)c1ccccc1.CC.CC. The number of benzene rings is 3. The Bertz CT molecular complexity index is 1060. The Balaban J connectivity index is 0.000000860. The molecule has 0 unspecified atom stereocenters. The molecule has 0 aliphatic carbocycles. The zero-order valence-electron chi connectivity index (χ0n) is 19.6. The highest BCUT2D eigenvalue weighted by molar-refractivity contribution is 6.11. The number of H-pyrrole nitrogens is 1. The van der Waals surface area contributed by atoms with E-state index in [9.17, 15) is 0 Å². The lowest BCUT2D eigenvalue weighted by atomic mass is 10.0. The van der Waals surface area contributed by atoms with E-state index in [4.69, 9.17) is 4.99 Å². The monoisotopic (exact) mass is 422 g/mol. The largest absolute Gasteiger partial charge is 0.361 e. The summed E-state index contributed by atoms with van der Waals surface area (Å²) in [5.74, 6) is 0. The van der Waals surface area contributed by atoms with E-state index in [1.165, 1.54) is 11.1 Å². The Morgan fingerprint density at radius 1 is 0.719 bits per heavy atom. The van der Waals surface area contributed by atoms with Crippen molar-refractivity contribution in [3.63, 3.8) is 0 Å². The third kappa shape index (κ3) is 7.24. The minimum atomic E-state index is 0.870. The number of nitrogens with one attached hydrogen (secondary N) is 1. The Morgan fingerprint density at radius 3 is 2.00 bits per heavy atom. The summed E-state index contributed by atoms with van der Waals surface area (Å²) in [5, 5.41) is 0. The van der Waals surface area contributed by atoms with E-state index in [-0.39, 0.29) is 0 Å². The van der Waals surface area contributed by atoms with Gasteiger partial charge in [-0.25, -0.2) is 0 Å². The molecule has 2 nitrogen and oxygen atoms in total. The molecule has 1 aromatic heterocycles. The van der Waals surface area contributed by atoms with Gasteiger partial charge in [0.1, 0.15) is 0 Å². The van der Waals surface area contributed by atoms with Crippen molar-refractivity contribution in [3.05, 3.63) is 120 Å². The van der Waals surface area contributed by atoms with Gasteiger partial charge < -0.3 is 4.98 Å². The van der Waals surface area contributed by atoms with Gasteiger partial charge >= 0.3 is 0 Å². The van der Waals surface area contributed by atoms with Crippen LogP contribution >= 0.6 is 0 Å². The molecule has 0 fully saturated rings. The second kappa shape index (κ2) is 14.4. The first-order chi connectivity index (χ1) is 15.9. The third-order valence-corrected chi connectivity index (χ3v) is 4.64. The van der Waals surface area contributed by atoms with Gasteiger partial charge in [0.25, 0.3) is 0 Å². The molecular weight excluding hydrogens is 388 g/mol. The van der Waals surface area contributed by atoms with Crippen LogP contribution in [0.25, 0.3) is 16.8 Å². The maximum Gasteiger partial charge on any atom is 0.0723 e. The summed E-state index contributed by atoms with van der Waals surface area (Å²) in [6.07, 6.45) is 7.02. The molecule has 1 N–H and O–H groups in total. The van der Waals surface area contributed by atoms with E-state index in [2.05, 4.69) is 71.7 Å². The van der Waals surface area contributed by atoms with Crippen molar-refractivity contribution >= 4 is 17.5 Å².